The van der Waals surface area contributed by atoms with Crippen molar-refractivity contribution in [3.05, 3.63) is 24.3 Å². The molecule has 1 N–H and O–H groups in total. The summed E-state index contributed by atoms with van der Waals surface area (Å²) in [6.07, 6.45) is 2.23. The van der Waals surface area contributed by atoms with Crippen LogP contribution >= 0.6 is 0 Å². The number of hydrogen-bond acceptors (Lipinski definition) is 3. The fourth-order valence-corrected chi connectivity index (χ4v) is 3.03. The third-order valence-corrected chi connectivity index (χ3v) is 4.40. The molecule has 1 aromatic rings. The Bertz CT molecular complexity index is 585. The van der Waals surface area contributed by atoms with Crippen LogP contribution in [0.25, 0.3) is 0 Å². The highest BCUT2D eigenvalue weighted by molar-refractivity contribution is 5.92. The lowest BCUT2D eigenvalue weighted by Gasteiger charge is -2.35. The summed E-state index contributed by atoms with van der Waals surface area (Å²) in [6, 6.07) is 7.40. The van der Waals surface area contributed by atoms with E-state index in [4.69, 9.17) is 4.74 Å². The van der Waals surface area contributed by atoms with Gasteiger partial charge in [-0.25, -0.2) is 0 Å². The molecule has 1 aliphatic heterocycles. The van der Waals surface area contributed by atoms with Crippen molar-refractivity contribution in [3.8, 4) is 5.75 Å². The smallest absolute Gasteiger partial charge is 0.227 e. The van der Waals surface area contributed by atoms with Crippen molar-refractivity contribution in [1.82, 2.24) is 4.90 Å². The molecular formula is C19H28N2O3. The van der Waals surface area contributed by atoms with E-state index in [9.17, 15) is 9.59 Å². The standard InChI is InChI=1S/C19H28N2O3/c1-19(2,3)18(23)21-11-9-14(10-12-21)13-17(22)20-15-7-5-6-8-16(15)24-4/h5-8,14H,9-13H2,1-4H3,(H,20,22). The van der Waals surface area contributed by atoms with Gasteiger partial charge >= 0.3 is 0 Å². The molecular weight excluding hydrogens is 304 g/mol. The number of carbonyl (C=O) groups is 2. The SMILES string of the molecule is COc1ccccc1NC(=O)CC1CCN(C(=O)C(C)(C)C)CC1. The van der Waals surface area contributed by atoms with E-state index in [0.29, 0.717) is 23.8 Å². The molecule has 2 rings (SSSR count). The minimum atomic E-state index is -0.339. The number of nitrogens with zero attached hydrogens (tertiary/aromatic N) is 1. The summed E-state index contributed by atoms with van der Waals surface area (Å²) in [5.74, 6) is 1.18. The average Bonchev–Trinajstić information content (AvgIpc) is 2.54. The summed E-state index contributed by atoms with van der Waals surface area (Å²) in [4.78, 5) is 26.5. The number of hydrogen-bond donors (Lipinski definition) is 1. The van der Waals surface area contributed by atoms with Crippen LogP contribution in [0.15, 0.2) is 24.3 Å². The van der Waals surface area contributed by atoms with Gasteiger partial charge < -0.3 is 15.0 Å². The lowest BCUT2D eigenvalue weighted by molar-refractivity contribution is -0.140. The molecule has 0 spiro atoms. The van der Waals surface area contributed by atoms with Gasteiger partial charge in [-0.1, -0.05) is 32.9 Å². The van der Waals surface area contributed by atoms with Gasteiger partial charge in [0.25, 0.3) is 0 Å². The van der Waals surface area contributed by atoms with Crippen LogP contribution in [0.3, 0.4) is 0 Å². The Kier molecular flexibility index (Phi) is 5.86. The van der Waals surface area contributed by atoms with E-state index >= 15 is 0 Å². The van der Waals surface area contributed by atoms with E-state index in [0.717, 1.165) is 25.9 Å². The van der Waals surface area contributed by atoms with Gasteiger partial charge in [0, 0.05) is 24.9 Å². The van der Waals surface area contributed by atoms with E-state index in [-0.39, 0.29) is 17.2 Å². The number of ether oxygens (including phenoxy) is 1. The third kappa shape index (κ3) is 4.73. The van der Waals surface area contributed by atoms with Crippen molar-refractivity contribution in [2.75, 3.05) is 25.5 Å². The Morgan fingerprint density at radius 2 is 1.83 bits per heavy atom. The van der Waals surface area contributed by atoms with Crippen molar-refractivity contribution in [2.45, 2.75) is 40.0 Å². The Morgan fingerprint density at radius 3 is 2.42 bits per heavy atom. The molecule has 0 bridgehead atoms. The molecule has 132 valence electrons. The van der Waals surface area contributed by atoms with E-state index in [1.165, 1.54) is 0 Å². The number of benzene rings is 1. The first kappa shape index (κ1) is 18.3. The number of nitrogens with one attached hydrogen (secondary N) is 1. The number of likely N-dealkylation sites (tertiary alicyclic amines) is 1. The first-order valence-corrected chi connectivity index (χ1v) is 8.53. The van der Waals surface area contributed by atoms with Crippen molar-refractivity contribution >= 4 is 17.5 Å². The maximum absolute atomic E-state index is 12.3. The predicted molar refractivity (Wildman–Crippen MR) is 95.0 cm³/mol. The molecule has 24 heavy (non-hydrogen) atoms. The van der Waals surface area contributed by atoms with Crippen LogP contribution < -0.4 is 10.1 Å². The Morgan fingerprint density at radius 1 is 1.21 bits per heavy atom. The maximum Gasteiger partial charge on any atom is 0.227 e. The molecule has 0 saturated carbocycles. The van der Waals surface area contributed by atoms with Crippen LogP contribution in [0.2, 0.25) is 0 Å². The van der Waals surface area contributed by atoms with E-state index < -0.39 is 0 Å². The van der Waals surface area contributed by atoms with E-state index in [1.54, 1.807) is 7.11 Å². The largest absolute Gasteiger partial charge is 0.495 e. The molecule has 0 aromatic heterocycles. The summed E-state index contributed by atoms with van der Waals surface area (Å²) in [5, 5.41) is 2.92. The molecule has 1 aromatic carbocycles. The molecule has 1 aliphatic rings. The van der Waals surface area contributed by atoms with Crippen LogP contribution in [0.5, 0.6) is 5.75 Å². The zero-order chi connectivity index (χ0) is 17.7. The molecule has 0 unspecified atom stereocenters. The topological polar surface area (TPSA) is 58.6 Å². The minimum Gasteiger partial charge on any atom is -0.495 e. The van der Waals surface area contributed by atoms with Crippen molar-refractivity contribution in [1.29, 1.82) is 0 Å². The highest BCUT2D eigenvalue weighted by atomic mass is 16.5. The molecule has 1 saturated heterocycles. The van der Waals surface area contributed by atoms with Crippen LogP contribution in [-0.2, 0) is 9.59 Å². The third-order valence-electron chi connectivity index (χ3n) is 4.40. The van der Waals surface area contributed by atoms with E-state index in [1.807, 2.05) is 49.9 Å². The van der Waals surface area contributed by atoms with Crippen molar-refractivity contribution in [3.63, 3.8) is 0 Å². The highest BCUT2D eigenvalue weighted by Gasteiger charge is 2.30. The highest BCUT2D eigenvalue weighted by Crippen LogP contribution is 2.27. The second kappa shape index (κ2) is 7.69. The number of anilines is 1. The number of rotatable bonds is 4. The molecule has 0 aliphatic carbocycles. The summed E-state index contributed by atoms with van der Waals surface area (Å²) in [7, 11) is 1.59. The number of para-hydroxylation sites is 2. The van der Waals surface area contributed by atoms with Crippen LogP contribution in [0.4, 0.5) is 5.69 Å². The predicted octanol–water partition coefficient (Wildman–Crippen LogP) is 3.31. The van der Waals surface area contributed by atoms with Gasteiger partial charge in [-0.2, -0.15) is 0 Å². The monoisotopic (exact) mass is 332 g/mol. The summed E-state index contributed by atoms with van der Waals surface area (Å²) in [6.45, 7) is 7.32. The minimum absolute atomic E-state index is 0.0000907. The maximum atomic E-state index is 12.3. The number of amides is 2. The van der Waals surface area contributed by atoms with Gasteiger partial charge in [-0.3, -0.25) is 9.59 Å². The molecule has 0 atom stereocenters. The lowest BCUT2D eigenvalue weighted by atomic mass is 9.89. The van der Waals surface area contributed by atoms with Gasteiger partial charge in [0.15, 0.2) is 0 Å². The number of piperidine rings is 1. The molecule has 0 radical (unpaired) electrons. The fraction of sp³-hybridized carbons (Fsp3) is 0.579. The Balaban J connectivity index is 1.83. The fourth-order valence-electron chi connectivity index (χ4n) is 3.03. The average molecular weight is 332 g/mol. The summed E-state index contributed by atoms with van der Waals surface area (Å²) < 4.78 is 5.25. The van der Waals surface area contributed by atoms with Crippen LogP contribution in [0, 0.1) is 11.3 Å². The van der Waals surface area contributed by atoms with Crippen molar-refractivity contribution in [2.24, 2.45) is 11.3 Å². The van der Waals surface area contributed by atoms with Gasteiger partial charge in [0.05, 0.1) is 12.8 Å². The first-order chi connectivity index (χ1) is 11.3. The van der Waals surface area contributed by atoms with Gasteiger partial charge in [0.1, 0.15) is 5.75 Å². The molecule has 5 nitrogen and oxygen atoms in total. The van der Waals surface area contributed by atoms with Gasteiger partial charge in [-0.05, 0) is 30.9 Å². The van der Waals surface area contributed by atoms with Gasteiger partial charge in [0.2, 0.25) is 11.8 Å². The summed E-state index contributed by atoms with van der Waals surface area (Å²) in [5.41, 5.74) is 0.360. The molecule has 5 heteroatoms. The van der Waals surface area contributed by atoms with E-state index in [2.05, 4.69) is 5.32 Å². The Hall–Kier alpha value is -2.04. The molecule has 2 amide bonds. The number of carbonyl (C=O) groups excluding carboxylic acids is 2. The molecule has 1 heterocycles. The second-order valence-corrected chi connectivity index (χ2v) is 7.44. The lowest BCUT2D eigenvalue weighted by Crippen LogP contribution is -2.44. The Labute approximate surface area is 144 Å². The number of methoxy groups -OCH3 is 1. The second-order valence-electron chi connectivity index (χ2n) is 7.44. The van der Waals surface area contributed by atoms with Crippen LogP contribution in [0.1, 0.15) is 40.0 Å². The quantitative estimate of drug-likeness (QED) is 0.920. The zero-order valence-electron chi connectivity index (χ0n) is 15.1. The van der Waals surface area contributed by atoms with Gasteiger partial charge in [-0.15, -0.1) is 0 Å². The molecule has 1 fully saturated rings. The summed E-state index contributed by atoms with van der Waals surface area (Å²) >= 11 is 0. The first-order valence-electron chi connectivity index (χ1n) is 8.53. The zero-order valence-corrected chi connectivity index (χ0v) is 15.1. The normalized spacial score (nSPS) is 15.9. The van der Waals surface area contributed by atoms with Crippen LogP contribution in [-0.4, -0.2) is 36.9 Å². The van der Waals surface area contributed by atoms with Crippen molar-refractivity contribution < 1.29 is 14.3 Å².